The molecule has 170 valence electrons. The van der Waals surface area contributed by atoms with E-state index in [-0.39, 0.29) is 18.8 Å². The zero-order valence-electron chi connectivity index (χ0n) is 17.7. The fourth-order valence-electron chi connectivity index (χ4n) is 3.59. The number of carbonyl (C=O) groups is 4. The van der Waals surface area contributed by atoms with E-state index in [1.165, 1.54) is 31.4 Å². The van der Waals surface area contributed by atoms with Gasteiger partial charge in [0.1, 0.15) is 11.8 Å². The van der Waals surface area contributed by atoms with Crippen LogP contribution in [0.2, 0.25) is 0 Å². The van der Waals surface area contributed by atoms with Gasteiger partial charge in [0, 0.05) is 25.3 Å². The molecule has 3 rings (SSSR count). The van der Waals surface area contributed by atoms with Gasteiger partial charge < -0.3 is 35.3 Å². The number of nitrogens with two attached hydrogens (primary N) is 1. The summed E-state index contributed by atoms with van der Waals surface area (Å²) in [5, 5.41) is 5.44. The van der Waals surface area contributed by atoms with E-state index < -0.39 is 35.8 Å². The number of hydrogen-bond donors (Lipinski definition) is 3. The maximum absolute atomic E-state index is 13.1. The Balaban J connectivity index is 1.77. The third-order valence-corrected chi connectivity index (χ3v) is 5.06. The van der Waals surface area contributed by atoms with Crippen LogP contribution >= 0.6 is 0 Å². The highest BCUT2D eigenvalue weighted by Crippen LogP contribution is 2.23. The Hall–Kier alpha value is -4.02. The predicted molar refractivity (Wildman–Crippen MR) is 114 cm³/mol. The standard InChI is InChI=1S/C21H25N5O6/c1-25(12-17(22)27)20(29)18-15(8-9-26(18)19(28)16-7-4-10-32-16)24-21(30)23-13-5-3-6-14(11-13)31-2/h3-7,10-11,15,18H,8-9,12H2,1-2H3,(H2,22,27)(H2,23,24,30)/t15-,18-/m0/s1. The van der Waals surface area contributed by atoms with Gasteiger partial charge in [-0.15, -0.1) is 0 Å². The number of furan rings is 1. The minimum absolute atomic E-state index is 0.0711. The van der Waals surface area contributed by atoms with Crippen LogP contribution in [-0.2, 0) is 9.59 Å². The molecule has 5 amide bonds. The van der Waals surface area contributed by atoms with Crippen molar-refractivity contribution in [2.75, 3.05) is 32.6 Å². The van der Waals surface area contributed by atoms with Crippen LogP contribution in [0.3, 0.4) is 0 Å². The summed E-state index contributed by atoms with van der Waals surface area (Å²) >= 11 is 0. The number of primary amides is 1. The number of anilines is 1. The molecule has 1 aromatic heterocycles. The van der Waals surface area contributed by atoms with Crippen molar-refractivity contribution < 1.29 is 28.3 Å². The predicted octanol–water partition coefficient (Wildman–Crippen LogP) is 0.637. The highest BCUT2D eigenvalue weighted by molar-refractivity contribution is 5.98. The Morgan fingerprint density at radius 2 is 2.03 bits per heavy atom. The summed E-state index contributed by atoms with van der Waals surface area (Å²) in [7, 11) is 2.93. The summed E-state index contributed by atoms with van der Waals surface area (Å²) in [6, 6.07) is 7.57. The fraction of sp³-hybridized carbons (Fsp3) is 0.333. The van der Waals surface area contributed by atoms with Crippen LogP contribution in [0.5, 0.6) is 5.75 Å². The average molecular weight is 443 g/mol. The second-order valence-corrected chi connectivity index (χ2v) is 7.31. The number of carbonyl (C=O) groups excluding carboxylic acids is 4. The van der Waals surface area contributed by atoms with Gasteiger partial charge in [-0.1, -0.05) is 6.07 Å². The molecular formula is C21H25N5O6. The molecule has 32 heavy (non-hydrogen) atoms. The van der Waals surface area contributed by atoms with Gasteiger partial charge >= 0.3 is 6.03 Å². The smallest absolute Gasteiger partial charge is 0.319 e. The van der Waals surface area contributed by atoms with E-state index in [1.54, 1.807) is 30.3 Å². The molecule has 0 saturated carbocycles. The molecule has 0 bridgehead atoms. The molecule has 2 atom stereocenters. The quantitative estimate of drug-likeness (QED) is 0.572. The van der Waals surface area contributed by atoms with E-state index in [0.29, 0.717) is 17.9 Å². The van der Waals surface area contributed by atoms with Crippen LogP contribution in [0.15, 0.2) is 47.1 Å². The van der Waals surface area contributed by atoms with Crippen molar-refractivity contribution in [1.82, 2.24) is 15.1 Å². The lowest BCUT2D eigenvalue weighted by molar-refractivity contribution is -0.137. The SMILES string of the molecule is COc1cccc(NC(=O)N[C@H]2CCN(C(=O)c3ccco3)[C@@H]2C(=O)N(C)CC(N)=O)c1. The Bertz CT molecular complexity index is 992. The summed E-state index contributed by atoms with van der Waals surface area (Å²) in [6.07, 6.45) is 1.69. The second kappa shape index (κ2) is 9.86. The number of urea groups is 1. The molecule has 1 aliphatic heterocycles. The minimum atomic E-state index is -1.03. The summed E-state index contributed by atoms with van der Waals surface area (Å²) in [5.41, 5.74) is 5.71. The molecule has 1 fully saturated rings. The van der Waals surface area contributed by atoms with E-state index in [2.05, 4.69) is 10.6 Å². The Kier molecular flexibility index (Phi) is 6.98. The topological polar surface area (TPSA) is 147 Å². The molecule has 0 unspecified atom stereocenters. The van der Waals surface area contributed by atoms with E-state index in [4.69, 9.17) is 14.9 Å². The number of nitrogens with zero attached hydrogens (tertiary/aromatic N) is 2. The summed E-state index contributed by atoms with van der Waals surface area (Å²) in [4.78, 5) is 52.3. The molecule has 0 radical (unpaired) electrons. The summed E-state index contributed by atoms with van der Waals surface area (Å²) < 4.78 is 10.3. The molecule has 1 aliphatic rings. The average Bonchev–Trinajstić information content (AvgIpc) is 3.42. The number of hydrogen-bond acceptors (Lipinski definition) is 6. The summed E-state index contributed by atoms with van der Waals surface area (Å²) in [5.74, 6) is -1.06. The van der Waals surface area contributed by atoms with Gasteiger partial charge in [-0.05, 0) is 30.7 Å². The van der Waals surface area contributed by atoms with Crippen LogP contribution in [0.1, 0.15) is 17.0 Å². The number of benzene rings is 1. The number of methoxy groups -OCH3 is 1. The van der Waals surface area contributed by atoms with Gasteiger partial charge in [0.25, 0.3) is 5.91 Å². The normalized spacial score (nSPS) is 17.5. The molecule has 1 aromatic carbocycles. The van der Waals surface area contributed by atoms with Crippen LogP contribution in [0.4, 0.5) is 10.5 Å². The van der Waals surface area contributed by atoms with Crippen molar-refractivity contribution in [3.63, 3.8) is 0 Å². The van der Waals surface area contributed by atoms with Gasteiger partial charge in [-0.25, -0.2) is 4.79 Å². The molecule has 0 spiro atoms. The zero-order chi connectivity index (χ0) is 23.3. The molecule has 1 saturated heterocycles. The van der Waals surface area contributed by atoms with E-state index in [0.717, 1.165) is 4.90 Å². The molecule has 2 aromatic rings. The lowest BCUT2D eigenvalue weighted by Gasteiger charge is -2.30. The van der Waals surface area contributed by atoms with E-state index in [1.807, 2.05) is 0 Å². The van der Waals surface area contributed by atoms with Crippen molar-refractivity contribution in [3.05, 3.63) is 48.4 Å². The number of rotatable bonds is 7. The van der Waals surface area contributed by atoms with Crippen molar-refractivity contribution in [2.45, 2.75) is 18.5 Å². The molecule has 4 N–H and O–H groups in total. The zero-order valence-corrected chi connectivity index (χ0v) is 17.7. The van der Waals surface area contributed by atoms with Crippen LogP contribution in [0, 0.1) is 0 Å². The first-order valence-electron chi connectivity index (χ1n) is 9.89. The van der Waals surface area contributed by atoms with E-state index >= 15 is 0 Å². The summed E-state index contributed by atoms with van der Waals surface area (Å²) in [6.45, 7) is -0.106. The molecule has 11 nitrogen and oxygen atoms in total. The first-order valence-corrected chi connectivity index (χ1v) is 9.89. The second-order valence-electron chi connectivity index (χ2n) is 7.31. The van der Waals surface area contributed by atoms with Crippen LogP contribution < -0.4 is 21.1 Å². The Morgan fingerprint density at radius 3 is 2.69 bits per heavy atom. The maximum Gasteiger partial charge on any atom is 0.319 e. The van der Waals surface area contributed by atoms with Crippen molar-refractivity contribution in [3.8, 4) is 5.75 Å². The van der Waals surface area contributed by atoms with Crippen molar-refractivity contribution in [2.24, 2.45) is 5.73 Å². The highest BCUT2D eigenvalue weighted by Gasteiger charge is 2.44. The number of likely N-dealkylation sites (tertiary alicyclic amines) is 1. The van der Waals surface area contributed by atoms with Gasteiger partial charge in [0.2, 0.25) is 11.8 Å². The van der Waals surface area contributed by atoms with Gasteiger partial charge in [-0.3, -0.25) is 14.4 Å². The van der Waals surface area contributed by atoms with Crippen LogP contribution in [-0.4, -0.2) is 72.9 Å². The minimum Gasteiger partial charge on any atom is -0.497 e. The van der Waals surface area contributed by atoms with E-state index in [9.17, 15) is 19.2 Å². The van der Waals surface area contributed by atoms with Crippen LogP contribution in [0.25, 0.3) is 0 Å². The maximum atomic E-state index is 13.1. The number of ether oxygens (including phenoxy) is 1. The first kappa shape index (κ1) is 22.7. The third kappa shape index (κ3) is 5.17. The van der Waals surface area contributed by atoms with Crippen molar-refractivity contribution in [1.29, 1.82) is 0 Å². The molecule has 2 heterocycles. The first-order chi connectivity index (χ1) is 15.3. The molecule has 11 heteroatoms. The number of amides is 5. The van der Waals surface area contributed by atoms with Gasteiger partial charge in [0.05, 0.1) is 26.0 Å². The van der Waals surface area contributed by atoms with Crippen molar-refractivity contribution >= 4 is 29.4 Å². The van der Waals surface area contributed by atoms with Gasteiger partial charge in [0.15, 0.2) is 5.76 Å². The Morgan fingerprint density at radius 1 is 1.25 bits per heavy atom. The lowest BCUT2D eigenvalue weighted by Crippen LogP contribution is -2.56. The lowest BCUT2D eigenvalue weighted by atomic mass is 10.1. The fourth-order valence-corrected chi connectivity index (χ4v) is 3.59. The molecular weight excluding hydrogens is 418 g/mol. The number of likely N-dealkylation sites (N-methyl/N-ethyl adjacent to an activating group) is 1. The molecule has 0 aliphatic carbocycles. The van der Waals surface area contributed by atoms with Gasteiger partial charge in [-0.2, -0.15) is 0 Å². The largest absolute Gasteiger partial charge is 0.497 e. The third-order valence-electron chi connectivity index (χ3n) is 5.06. The number of nitrogens with one attached hydrogen (secondary N) is 2. The highest BCUT2D eigenvalue weighted by atomic mass is 16.5. The Labute approximate surface area is 184 Å². The monoisotopic (exact) mass is 443 g/mol.